The second-order valence-corrected chi connectivity index (χ2v) is 2.82. The predicted octanol–water partition coefficient (Wildman–Crippen LogP) is 0.127. The molecule has 2 rings (SSSR count). The zero-order chi connectivity index (χ0) is 6.97. The number of guanidine groups is 1. The molecular formula is C6H14Cl2N4. The molecule has 1 aliphatic carbocycles. The lowest BCUT2D eigenvalue weighted by Gasteiger charge is -2.13. The Morgan fingerprint density at radius 3 is 2.50 bits per heavy atom. The fraction of sp³-hybridized carbons (Fsp3) is 0.833. The zero-order valence-electron chi connectivity index (χ0n) is 6.69. The van der Waals surface area contributed by atoms with E-state index >= 15 is 0 Å². The highest BCUT2D eigenvalue weighted by Crippen LogP contribution is 2.19. The monoisotopic (exact) mass is 212 g/mol. The summed E-state index contributed by atoms with van der Waals surface area (Å²) < 4.78 is 0. The maximum atomic E-state index is 5.60. The first-order valence-electron chi connectivity index (χ1n) is 3.69. The third kappa shape index (κ3) is 2.69. The Labute approximate surface area is 84.4 Å². The molecule has 1 aliphatic heterocycles. The van der Waals surface area contributed by atoms with Crippen LogP contribution >= 0.6 is 24.8 Å². The van der Waals surface area contributed by atoms with Crippen molar-refractivity contribution in [2.75, 3.05) is 13.1 Å². The number of halogens is 2. The van der Waals surface area contributed by atoms with Crippen LogP contribution < -0.4 is 11.2 Å². The summed E-state index contributed by atoms with van der Waals surface area (Å²) in [6.07, 6.45) is 2.54. The predicted molar refractivity (Wildman–Crippen MR) is 53.8 cm³/mol. The minimum Gasteiger partial charge on any atom is -0.352 e. The van der Waals surface area contributed by atoms with Crippen LogP contribution in [0.25, 0.3) is 0 Å². The highest BCUT2D eigenvalue weighted by atomic mass is 35.5. The maximum absolute atomic E-state index is 5.60. The van der Waals surface area contributed by atoms with Gasteiger partial charge in [0.25, 0.3) is 0 Å². The van der Waals surface area contributed by atoms with Crippen molar-refractivity contribution < 1.29 is 0 Å². The minimum atomic E-state index is 0. The number of hydrogen-bond donors (Lipinski definition) is 2. The molecule has 0 aromatic carbocycles. The van der Waals surface area contributed by atoms with Gasteiger partial charge in [-0.1, -0.05) is 0 Å². The lowest BCUT2D eigenvalue weighted by atomic mass is 10.6. The van der Waals surface area contributed by atoms with Crippen LogP contribution in [0, 0.1) is 0 Å². The van der Waals surface area contributed by atoms with Crippen LogP contribution in [0.1, 0.15) is 12.8 Å². The Kier molecular flexibility index (Phi) is 4.67. The van der Waals surface area contributed by atoms with E-state index in [9.17, 15) is 0 Å². The van der Waals surface area contributed by atoms with E-state index < -0.39 is 0 Å². The van der Waals surface area contributed by atoms with Crippen molar-refractivity contribution in [3.05, 3.63) is 0 Å². The van der Waals surface area contributed by atoms with E-state index in [1.54, 1.807) is 5.01 Å². The van der Waals surface area contributed by atoms with E-state index in [2.05, 4.69) is 10.3 Å². The van der Waals surface area contributed by atoms with Gasteiger partial charge < -0.3 is 5.32 Å². The normalized spacial score (nSPS) is 20.8. The van der Waals surface area contributed by atoms with Crippen LogP contribution in [0.4, 0.5) is 0 Å². The van der Waals surface area contributed by atoms with Crippen LogP contribution in [0.3, 0.4) is 0 Å². The van der Waals surface area contributed by atoms with Gasteiger partial charge in [0.05, 0.1) is 13.1 Å². The van der Waals surface area contributed by atoms with Crippen molar-refractivity contribution in [1.82, 2.24) is 10.3 Å². The molecule has 0 unspecified atom stereocenters. The highest BCUT2D eigenvalue weighted by Gasteiger charge is 2.25. The van der Waals surface area contributed by atoms with Crippen molar-refractivity contribution in [1.29, 1.82) is 0 Å². The molecule has 12 heavy (non-hydrogen) atoms. The first-order valence-corrected chi connectivity index (χ1v) is 3.69. The molecule has 0 bridgehead atoms. The number of hydrazine groups is 1. The van der Waals surface area contributed by atoms with Crippen LogP contribution in [-0.4, -0.2) is 30.1 Å². The summed E-state index contributed by atoms with van der Waals surface area (Å²) in [5.74, 6) is 6.47. The summed E-state index contributed by atoms with van der Waals surface area (Å²) in [5, 5.41) is 4.93. The molecule has 0 saturated heterocycles. The van der Waals surface area contributed by atoms with Gasteiger partial charge >= 0.3 is 0 Å². The maximum Gasteiger partial charge on any atom is 0.208 e. The largest absolute Gasteiger partial charge is 0.352 e. The molecule has 72 valence electrons. The first-order chi connectivity index (χ1) is 4.86. The van der Waals surface area contributed by atoms with Crippen LogP contribution in [0.15, 0.2) is 4.99 Å². The van der Waals surface area contributed by atoms with Gasteiger partial charge in [0.1, 0.15) is 0 Å². The van der Waals surface area contributed by atoms with Crippen molar-refractivity contribution in [2.45, 2.75) is 18.9 Å². The Hall–Kier alpha value is -0.190. The Balaban J connectivity index is 0.000000605. The summed E-state index contributed by atoms with van der Waals surface area (Å²) in [5.41, 5.74) is 0. The number of nitrogens with zero attached hydrogens (tertiary/aromatic N) is 2. The molecule has 0 aromatic rings. The van der Waals surface area contributed by atoms with Gasteiger partial charge in [0.2, 0.25) is 5.96 Å². The number of hydrogen-bond acceptors (Lipinski definition) is 4. The molecule has 3 N–H and O–H groups in total. The lowest BCUT2D eigenvalue weighted by molar-refractivity contribution is 0.466. The van der Waals surface area contributed by atoms with Crippen molar-refractivity contribution in [3.63, 3.8) is 0 Å². The third-order valence-corrected chi connectivity index (χ3v) is 1.79. The molecule has 4 nitrogen and oxygen atoms in total. The van der Waals surface area contributed by atoms with Crippen LogP contribution in [-0.2, 0) is 0 Å². The first kappa shape index (κ1) is 11.8. The van der Waals surface area contributed by atoms with E-state index in [1.165, 1.54) is 12.8 Å². The number of nitrogens with two attached hydrogens (primary N) is 1. The molecule has 0 aromatic heterocycles. The summed E-state index contributed by atoms with van der Waals surface area (Å²) in [6.45, 7) is 1.70. The standard InChI is InChI=1S/C6H12N4.2ClH/c7-10-4-3-8-6(10)9-5-1-2-5;;/h5H,1-4,7H2,(H,8,9);2*1H. The molecule has 1 fully saturated rings. The van der Waals surface area contributed by atoms with Crippen molar-refractivity contribution >= 4 is 30.8 Å². The van der Waals surface area contributed by atoms with Crippen molar-refractivity contribution in [2.24, 2.45) is 10.8 Å². The van der Waals surface area contributed by atoms with Crippen LogP contribution in [0.2, 0.25) is 0 Å². The average Bonchev–Trinajstić information content (AvgIpc) is 2.62. The fourth-order valence-corrected chi connectivity index (χ4v) is 0.999. The molecule has 0 spiro atoms. The van der Waals surface area contributed by atoms with E-state index in [1.807, 2.05) is 0 Å². The van der Waals surface area contributed by atoms with E-state index in [0.29, 0.717) is 6.04 Å². The SMILES string of the molecule is Cl.Cl.NN1CCN=C1NC1CC1. The molecule has 6 heteroatoms. The summed E-state index contributed by atoms with van der Waals surface area (Å²) in [4.78, 5) is 4.20. The van der Waals surface area contributed by atoms with Gasteiger partial charge in [0.15, 0.2) is 0 Å². The second-order valence-electron chi connectivity index (χ2n) is 2.82. The summed E-state index contributed by atoms with van der Waals surface area (Å²) in [6, 6.07) is 0.655. The second kappa shape index (κ2) is 4.74. The van der Waals surface area contributed by atoms with Gasteiger partial charge in [-0.05, 0) is 12.8 Å². The minimum absolute atomic E-state index is 0. The smallest absolute Gasteiger partial charge is 0.208 e. The zero-order valence-corrected chi connectivity index (χ0v) is 8.33. The molecule has 1 heterocycles. The van der Waals surface area contributed by atoms with Gasteiger partial charge in [-0.25, -0.2) is 5.84 Å². The van der Waals surface area contributed by atoms with E-state index in [0.717, 1.165) is 19.0 Å². The molecule has 0 atom stereocenters. The Bertz CT molecular complexity index is 169. The Morgan fingerprint density at radius 1 is 1.42 bits per heavy atom. The molecule has 1 saturated carbocycles. The number of aliphatic imine (C=N–C) groups is 1. The summed E-state index contributed by atoms with van der Waals surface area (Å²) in [7, 11) is 0. The van der Waals surface area contributed by atoms with E-state index in [4.69, 9.17) is 5.84 Å². The van der Waals surface area contributed by atoms with Crippen LogP contribution in [0.5, 0.6) is 0 Å². The number of rotatable bonds is 1. The average molecular weight is 213 g/mol. The number of nitrogens with one attached hydrogen (secondary N) is 1. The Morgan fingerprint density at radius 2 is 2.08 bits per heavy atom. The quantitative estimate of drug-likeness (QED) is 0.608. The van der Waals surface area contributed by atoms with Crippen molar-refractivity contribution in [3.8, 4) is 0 Å². The molecule has 0 radical (unpaired) electrons. The lowest BCUT2D eigenvalue weighted by Crippen LogP contribution is -2.43. The highest BCUT2D eigenvalue weighted by molar-refractivity contribution is 5.85. The van der Waals surface area contributed by atoms with Gasteiger partial charge in [0, 0.05) is 6.04 Å². The summed E-state index contributed by atoms with van der Waals surface area (Å²) >= 11 is 0. The topological polar surface area (TPSA) is 53.6 Å². The molecular weight excluding hydrogens is 199 g/mol. The van der Waals surface area contributed by atoms with Gasteiger partial charge in [-0.15, -0.1) is 24.8 Å². The fourth-order valence-electron chi connectivity index (χ4n) is 0.999. The van der Waals surface area contributed by atoms with Gasteiger partial charge in [-0.3, -0.25) is 10.0 Å². The van der Waals surface area contributed by atoms with E-state index in [-0.39, 0.29) is 24.8 Å². The van der Waals surface area contributed by atoms with Gasteiger partial charge in [-0.2, -0.15) is 0 Å². The third-order valence-electron chi connectivity index (χ3n) is 1.79. The molecule has 2 aliphatic rings. The molecule has 0 amide bonds.